The quantitative estimate of drug-likeness (QED) is 0.530. The number of rotatable bonds is 4. The zero-order chi connectivity index (χ0) is 22.6. The van der Waals surface area contributed by atoms with Crippen LogP contribution < -0.4 is 5.32 Å². The molecule has 162 valence electrons. The maximum atomic E-state index is 12.8. The van der Waals surface area contributed by atoms with Crippen LogP contribution in [0.25, 0.3) is 33.8 Å². The van der Waals surface area contributed by atoms with Crippen LogP contribution in [0.15, 0.2) is 31.0 Å². The molecule has 4 aromatic rings. The van der Waals surface area contributed by atoms with Crippen LogP contribution in [0.4, 0.5) is 5.82 Å². The first-order valence-corrected chi connectivity index (χ1v) is 10.6. The third-order valence-electron chi connectivity index (χ3n) is 6.00. The summed E-state index contributed by atoms with van der Waals surface area (Å²) in [7, 11) is 1.91. The van der Waals surface area contributed by atoms with Crippen molar-refractivity contribution in [2.75, 3.05) is 5.32 Å². The molecule has 1 aliphatic heterocycles. The van der Waals surface area contributed by atoms with Crippen molar-refractivity contribution in [2.45, 2.75) is 39.5 Å². The SMILES string of the molecule is Cc1ncc(-c2nc3c(-c4cnc5c(c4)C(C)(CC(C)C)C(=O)N5)ncnc3n2C)cn1. The average Bonchev–Trinajstić information content (AvgIpc) is 3.22. The van der Waals surface area contributed by atoms with Gasteiger partial charge in [-0.15, -0.1) is 0 Å². The number of hydrogen-bond donors (Lipinski definition) is 1. The van der Waals surface area contributed by atoms with Gasteiger partial charge in [0.25, 0.3) is 0 Å². The number of amides is 1. The highest BCUT2D eigenvalue weighted by Crippen LogP contribution is 2.42. The minimum atomic E-state index is -0.632. The van der Waals surface area contributed by atoms with E-state index in [1.54, 1.807) is 18.6 Å². The monoisotopic (exact) mass is 428 g/mol. The Labute approximate surface area is 185 Å². The maximum Gasteiger partial charge on any atom is 0.236 e. The van der Waals surface area contributed by atoms with E-state index in [9.17, 15) is 4.79 Å². The topological polar surface area (TPSA) is 111 Å². The molecule has 1 N–H and O–H groups in total. The number of fused-ring (bicyclic) bond motifs is 2. The summed E-state index contributed by atoms with van der Waals surface area (Å²) in [6.45, 7) is 8.05. The predicted octanol–water partition coefficient (Wildman–Crippen LogP) is 3.45. The number of aryl methyl sites for hydroxylation is 2. The highest BCUT2D eigenvalue weighted by atomic mass is 16.2. The molecule has 0 fully saturated rings. The van der Waals surface area contributed by atoms with E-state index in [2.05, 4.69) is 44.1 Å². The minimum absolute atomic E-state index is 0.0156. The lowest BCUT2D eigenvalue weighted by Gasteiger charge is -2.24. The Bertz CT molecular complexity index is 1360. The van der Waals surface area contributed by atoms with Crippen molar-refractivity contribution in [2.24, 2.45) is 13.0 Å². The van der Waals surface area contributed by atoms with Crippen LogP contribution in [0.5, 0.6) is 0 Å². The van der Waals surface area contributed by atoms with Gasteiger partial charge in [0.15, 0.2) is 5.65 Å². The molecule has 0 aromatic carbocycles. The average molecular weight is 429 g/mol. The molecule has 9 nitrogen and oxygen atoms in total. The molecule has 0 aliphatic carbocycles. The normalized spacial score (nSPS) is 17.8. The zero-order valence-corrected chi connectivity index (χ0v) is 18.7. The van der Waals surface area contributed by atoms with Crippen molar-refractivity contribution in [1.29, 1.82) is 0 Å². The van der Waals surface area contributed by atoms with Gasteiger partial charge in [-0.1, -0.05) is 13.8 Å². The van der Waals surface area contributed by atoms with Gasteiger partial charge in [-0.3, -0.25) is 4.79 Å². The number of carbonyl (C=O) groups excluding carboxylic acids is 1. The van der Waals surface area contributed by atoms with Gasteiger partial charge in [-0.2, -0.15) is 0 Å². The summed E-state index contributed by atoms with van der Waals surface area (Å²) in [5.41, 5.74) is 3.89. The highest BCUT2D eigenvalue weighted by Gasteiger charge is 2.44. The Hall–Kier alpha value is -3.75. The van der Waals surface area contributed by atoms with E-state index in [0.29, 0.717) is 40.2 Å². The number of nitrogens with one attached hydrogen (secondary N) is 1. The van der Waals surface area contributed by atoms with Crippen LogP contribution in [0.2, 0.25) is 0 Å². The molecular formula is C23H24N8O. The van der Waals surface area contributed by atoms with Crippen LogP contribution in [-0.2, 0) is 17.3 Å². The number of imidazole rings is 1. The summed E-state index contributed by atoms with van der Waals surface area (Å²) in [6, 6.07) is 2.01. The number of aromatic nitrogens is 7. The molecule has 4 aromatic heterocycles. The first kappa shape index (κ1) is 20.2. The van der Waals surface area contributed by atoms with Crippen LogP contribution in [0.1, 0.15) is 38.6 Å². The summed E-state index contributed by atoms with van der Waals surface area (Å²) in [6.07, 6.45) is 7.49. The summed E-state index contributed by atoms with van der Waals surface area (Å²) in [4.78, 5) is 39.7. The lowest BCUT2D eigenvalue weighted by atomic mass is 9.77. The van der Waals surface area contributed by atoms with Gasteiger partial charge in [0, 0.05) is 36.8 Å². The van der Waals surface area contributed by atoms with Gasteiger partial charge >= 0.3 is 0 Å². The molecule has 0 bridgehead atoms. The first-order chi connectivity index (χ1) is 15.3. The van der Waals surface area contributed by atoms with Gasteiger partial charge in [0.05, 0.1) is 11.0 Å². The largest absolute Gasteiger partial charge is 0.312 e. The molecule has 1 aliphatic rings. The molecule has 0 radical (unpaired) electrons. The van der Waals surface area contributed by atoms with Crippen molar-refractivity contribution < 1.29 is 4.79 Å². The fourth-order valence-electron chi connectivity index (χ4n) is 4.48. The summed E-state index contributed by atoms with van der Waals surface area (Å²) >= 11 is 0. The molecule has 5 heterocycles. The number of hydrogen-bond acceptors (Lipinski definition) is 7. The standard InChI is InChI=1S/C23H24N8O/c1-12(2)7-23(4)16-6-14(8-26-19(16)30-22(23)32)17-18-21(28-11-27-17)31(5)20(29-18)15-9-24-13(3)25-10-15/h6,8-12H,7H2,1-5H3,(H,26,30,32). The first-order valence-electron chi connectivity index (χ1n) is 10.6. The Morgan fingerprint density at radius 2 is 1.78 bits per heavy atom. The summed E-state index contributed by atoms with van der Waals surface area (Å²) < 4.78 is 1.91. The summed E-state index contributed by atoms with van der Waals surface area (Å²) in [5.74, 6) is 2.37. The molecule has 1 unspecified atom stereocenters. The second-order valence-corrected chi connectivity index (χ2v) is 8.91. The van der Waals surface area contributed by atoms with Gasteiger partial charge in [0.1, 0.15) is 35.0 Å². The van der Waals surface area contributed by atoms with Crippen molar-refractivity contribution >= 4 is 22.9 Å². The molecule has 1 atom stereocenters. The lowest BCUT2D eigenvalue weighted by molar-refractivity contribution is -0.120. The third-order valence-corrected chi connectivity index (χ3v) is 6.00. The van der Waals surface area contributed by atoms with Crippen molar-refractivity contribution in [3.8, 4) is 22.6 Å². The zero-order valence-electron chi connectivity index (χ0n) is 18.7. The van der Waals surface area contributed by atoms with Gasteiger partial charge in [-0.05, 0) is 32.3 Å². The van der Waals surface area contributed by atoms with Gasteiger partial charge in [0.2, 0.25) is 5.91 Å². The fraction of sp³-hybridized carbons (Fsp3) is 0.348. The van der Waals surface area contributed by atoms with E-state index in [1.165, 1.54) is 6.33 Å². The molecule has 9 heteroatoms. The van der Waals surface area contributed by atoms with E-state index in [4.69, 9.17) is 4.98 Å². The van der Waals surface area contributed by atoms with E-state index in [1.807, 2.05) is 31.5 Å². The smallest absolute Gasteiger partial charge is 0.236 e. The maximum absolute atomic E-state index is 12.8. The molecule has 0 saturated heterocycles. The summed E-state index contributed by atoms with van der Waals surface area (Å²) in [5, 5.41) is 2.93. The molecule has 0 saturated carbocycles. The number of nitrogens with zero attached hydrogens (tertiary/aromatic N) is 7. The van der Waals surface area contributed by atoms with E-state index < -0.39 is 5.41 Å². The Morgan fingerprint density at radius 3 is 2.50 bits per heavy atom. The van der Waals surface area contributed by atoms with Crippen LogP contribution in [0, 0.1) is 12.8 Å². The Morgan fingerprint density at radius 1 is 1.06 bits per heavy atom. The lowest BCUT2D eigenvalue weighted by Crippen LogP contribution is -2.32. The second kappa shape index (κ2) is 7.15. The van der Waals surface area contributed by atoms with Gasteiger partial charge in [-0.25, -0.2) is 29.9 Å². The van der Waals surface area contributed by atoms with Gasteiger partial charge < -0.3 is 9.88 Å². The number of anilines is 1. The van der Waals surface area contributed by atoms with E-state index in [-0.39, 0.29) is 5.91 Å². The molecular weight excluding hydrogens is 404 g/mol. The number of carbonyl (C=O) groups is 1. The van der Waals surface area contributed by atoms with Crippen molar-refractivity contribution in [3.05, 3.63) is 42.4 Å². The molecule has 0 spiro atoms. The van der Waals surface area contributed by atoms with E-state index >= 15 is 0 Å². The molecule has 1 amide bonds. The van der Waals surface area contributed by atoms with E-state index in [0.717, 1.165) is 23.1 Å². The van der Waals surface area contributed by atoms with Crippen molar-refractivity contribution in [3.63, 3.8) is 0 Å². The molecule has 5 rings (SSSR count). The second-order valence-electron chi connectivity index (χ2n) is 8.91. The third kappa shape index (κ3) is 3.04. The van der Waals surface area contributed by atoms with Crippen LogP contribution in [0.3, 0.4) is 0 Å². The Kier molecular flexibility index (Phi) is 4.51. The fourth-order valence-corrected chi connectivity index (χ4v) is 4.48. The van der Waals surface area contributed by atoms with Crippen molar-refractivity contribution in [1.82, 2.24) is 34.5 Å². The molecule has 32 heavy (non-hydrogen) atoms. The van der Waals surface area contributed by atoms with Crippen LogP contribution in [-0.4, -0.2) is 40.4 Å². The predicted molar refractivity (Wildman–Crippen MR) is 121 cm³/mol. The van der Waals surface area contributed by atoms with Crippen LogP contribution >= 0.6 is 0 Å². The Balaban J connectivity index is 1.66. The number of pyridine rings is 1. The minimum Gasteiger partial charge on any atom is -0.312 e. The highest BCUT2D eigenvalue weighted by molar-refractivity contribution is 6.05.